The van der Waals surface area contributed by atoms with E-state index in [9.17, 15) is 18.0 Å². The number of benzene rings is 3. The predicted molar refractivity (Wildman–Crippen MR) is 152 cm³/mol. The number of hydrogen-bond donors (Lipinski definition) is 1. The van der Waals surface area contributed by atoms with Crippen molar-refractivity contribution >= 4 is 27.5 Å². The molecule has 8 heteroatoms. The highest BCUT2D eigenvalue weighted by atomic mass is 32.2. The van der Waals surface area contributed by atoms with Crippen LogP contribution in [0, 0.1) is 6.92 Å². The number of hydrogen-bond acceptors (Lipinski definition) is 4. The summed E-state index contributed by atoms with van der Waals surface area (Å²) in [5.74, 6) is -0.709. The van der Waals surface area contributed by atoms with E-state index in [1.54, 1.807) is 24.3 Å². The second-order valence-corrected chi connectivity index (χ2v) is 11.4. The lowest BCUT2D eigenvalue weighted by Crippen LogP contribution is -2.53. The van der Waals surface area contributed by atoms with Crippen molar-refractivity contribution in [3.05, 3.63) is 102 Å². The van der Waals surface area contributed by atoms with Gasteiger partial charge in [0.15, 0.2) is 0 Å². The van der Waals surface area contributed by atoms with Crippen LogP contribution in [0.2, 0.25) is 0 Å². The molecule has 1 N–H and O–H groups in total. The summed E-state index contributed by atoms with van der Waals surface area (Å²) >= 11 is 0. The second-order valence-electron chi connectivity index (χ2n) is 9.46. The summed E-state index contributed by atoms with van der Waals surface area (Å²) in [6.45, 7) is 4.22. The molecule has 3 aromatic carbocycles. The zero-order valence-electron chi connectivity index (χ0n) is 22.3. The minimum absolute atomic E-state index is 0.171. The monoisotopic (exact) mass is 535 g/mol. The maximum absolute atomic E-state index is 14.0. The molecule has 0 aliphatic heterocycles. The standard InChI is InChI=1S/C30H37N3O4S/c1-4-5-20-31-30(35)28(21-25-12-8-6-9-13-25)32(22-26-14-10-7-11-15-26)29(34)23-33(38(3,36)37)27-18-16-24(2)17-19-27/h6-19,28H,4-5,20-23H2,1-3H3,(H,31,35)/t28-/m1/s1. The fourth-order valence-electron chi connectivity index (χ4n) is 4.16. The van der Waals surface area contributed by atoms with Gasteiger partial charge in [-0.05, 0) is 36.6 Å². The van der Waals surface area contributed by atoms with Crippen LogP contribution in [0.15, 0.2) is 84.9 Å². The Hall–Kier alpha value is -3.65. The van der Waals surface area contributed by atoms with Crippen molar-refractivity contribution in [2.24, 2.45) is 0 Å². The molecule has 0 fully saturated rings. The number of rotatable bonds is 13. The third-order valence-electron chi connectivity index (χ3n) is 6.30. The molecule has 3 aromatic rings. The summed E-state index contributed by atoms with van der Waals surface area (Å²) in [5.41, 5.74) is 3.14. The summed E-state index contributed by atoms with van der Waals surface area (Å²) < 4.78 is 26.7. The van der Waals surface area contributed by atoms with Crippen molar-refractivity contribution in [2.75, 3.05) is 23.7 Å². The normalized spacial score (nSPS) is 12.0. The van der Waals surface area contributed by atoms with E-state index in [-0.39, 0.29) is 12.5 Å². The summed E-state index contributed by atoms with van der Waals surface area (Å²) in [5, 5.41) is 2.98. The number of sulfonamides is 1. The van der Waals surface area contributed by atoms with Gasteiger partial charge in [0.05, 0.1) is 11.9 Å². The average Bonchev–Trinajstić information content (AvgIpc) is 2.90. The topological polar surface area (TPSA) is 86.8 Å². The fourth-order valence-corrected chi connectivity index (χ4v) is 5.01. The van der Waals surface area contributed by atoms with Crippen molar-refractivity contribution in [3.63, 3.8) is 0 Å². The van der Waals surface area contributed by atoms with Gasteiger partial charge < -0.3 is 10.2 Å². The molecular weight excluding hydrogens is 498 g/mol. The Labute approximate surface area is 226 Å². The highest BCUT2D eigenvalue weighted by Gasteiger charge is 2.32. The van der Waals surface area contributed by atoms with E-state index in [1.807, 2.05) is 74.5 Å². The quantitative estimate of drug-likeness (QED) is 0.330. The van der Waals surface area contributed by atoms with Crippen LogP contribution >= 0.6 is 0 Å². The Balaban J connectivity index is 2.00. The van der Waals surface area contributed by atoms with Crippen LogP contribution in [-0.2, 0) is 32.6 Å². The fraction of sp³-hybridized carbons (Fsp3) is 0.333. The third-order valence-corrected chi connectivity index (χ3v) is 7.44. The van der Waals surface area contributed by atoms with Crippen LogP contribution in [0.4, 0.5) is 5.69 Å². The molecule has 0 aliphatic carbocycles. The van der Waals surface area contributed by atoms with Crippen LogP contribution in [-0.4, -0.2) is 50.5 Å². The van der Waals surface area contributed by atoms with E-state index >= 15 is 0 Å². The Morgan fingerprint density at radius 3 is 2.00 bits per heavy atom. The highest BCUT2D eigenvalue weighted by molar-refractivity contribution is 7.92. The summed E-state index contributed by atoms with van der Waals surface area (Å²) in [4.78, 5) is 29.0. The van der Waals surface area contributed by atoms with E-state index in [0.717, 1.165) is 40.1 Å². The number of unbranched alkanes of at least 4 members (excludes halogenated alkanes) is 1. The molecule has 0 saturated carbocycles. The van der Waals surface area contributed by atoms with Gasteiger partial charge in [0.1, 0.15) is 12.6 Å². The van der Waals surface area contributed by atoms with Crippen molar-refractivity contribution in [1.82, 2.24) is 10.2 Å². The first-order chi connectivity index (χ1) is 18.2. The van der Waals surface area contributed by atoms with Crippen molar-refractivity contribution in [3.8, 4) is 0 Å². The van der Waals surface area contributed by atoms with Crippen LogP contribution in [0.25, 0.3) is 0 Å². The molecular formula is C30H37N3O4S. The van der Waals surface area contributed by atoms with Crippen LogP contribution in [0.5, 0.6) is 0 Å². The molecule has 202 valence electrons. The molecule has 2 amide bonds. The van der Waals surface area contributed by atoms with Crippen molar-refractivity contribution in [1.29, 1.82) is 0 Å². The molecule has 0 radical (unpaired) electrons. The highest BCUT2D eigenvalue weighted by Crippen LogP contribution is 2.21. The maximum atomic E-state index is 14.0. The zero-order valence-corrected chi connectivity index (χ0v) is 23.2. The molecule has 0 unspecified atom stereocenters. The number of aryl methyl sites for hydroxylation is 1. The van der Waals surface area contributed by atoms with Crippen molar-refractivity contribution < 1.29 is 18.0 Å². The third kappa shape index (κ3) is 8.45. The number of nitrogens with zero attached hydrogens (tertiary/aromatic N) is 2. The largest absolute Gasteiger partial charge is 0.354 e. The number of amides is 2. The molecule has 0 bridgehead atoms. The van der Waals surface area contributed by atoms with E-state index < -0.39 is 28.5 Å². The van der Waals surface area contributed by atoms with E-state index in [4.69, 9.17) is 0 Å². The minimum atomic E-state index is -3.77. The molecule has 0 heterocycles. The Morgan fingerprint density at radius 1 is 0.868 bits per heavy atom. The second kappa shape index (κ2) is 13.8. The van der Waals surface area contributed by atoms with Gasteiger partial charge in [0.2, 0.25) is 21.8 Å². The lowest BCUT2D eigenvalue weighted by Gasteiger charge is -2.33. The van der Waals surface area contributed by atoms with Gasteiger partial charge in [-0.1, -0.05) is 91.7 Å². The van der Waals surface area contributed by atoms with Gasteiger partial charge in [0.25, 0.3) is 0 Å². The van der Waals surface area contributed by atoms with Gasteiger partial charge in [-0.25, -0.2) is 8.42 Å². The maximum Gasteiger partial charge on any atom is 0.244 e. The number of anilines is 1. The Bertz CT molecular complexity index is 1280. The zero-order chi connectivity index (χ0) is 27.5. The first kappa shape index (κ1) is 28.9. The van der Waals surface area contributed by atoms with E-state index in [2.05, 4.69) is 5.32 Å². The molecule has 0 aromatic heterocycles. The minimum Gasteiger partial charge on any atom is -0.354 e. The lowest BCUT2D eigenvalue weighted by atomic mass is 10.0. The molecule has 3 rings (SSSR count). The molecule has 38 heavy (non-hydrogen) atoms. The number of carbonyl (C=O) groups excluding carboxylic acids is 2. The van der Waals surface area contributed by atoms with Gasteiger partial charge in [-0.2, -0.15) is 0 Å². The van der Waals surface area contributed by atoms with Crippen molar-refractivity contribution in [2.45, 2.75) is 45.7 Å². The van der Waals surface area contributed by atoms with Gasteiger partial charge in [-0.3, -0.25) is 13.9 Å². The molecule has 7 nitrogen and oxygen atoms in total. The first-order valence-electron chi connectivity index (χ1n) is 12.9. The summed E-state index contributed by atoms with van der Waals surface area (Å²) in [7, 11) is -3.77. The number of nitrogens with one attached hydrogen (secondary N) is 1. The SMILES string of the molecule is CCCCNC(=O)[C@@H](Cc1ccccc1)N(Cc1ccccc1)C(=O)CN(c1ccc(C)cc1)S(C)(=O)=O. The van der Waals surface area contributed by atoms with Crippen LogP contribution < -0.4 is 9.62 Å². The van der Waals surface area contributed by atoms with Gasteiger partial charge in [0, 0.05) is 19.5 Å². The Kier molecular flexibility index (Phi) is 10.5. The van der Waals surface area contributed by atoms with E-state index in [0.29, 0.717) is 18.7 Å². The summed E-state index contributed by atoms with van der Waals surface area (Å²) in [6.07, 6.45) is 3.14. The smallest absolute Gasteiger partial charge is 0.244 e. The molecule has 0 saturated heterocycles. The first-order valence-corrected chi connectivity index (χ1v) is 14.7. The van der Waals surface area contributed by atoms with Gasteiger partial charge >= 0.3 is 0 Å². The molecule has 0 aliphatic rings. The van der Waals surface area contributed by atoms with Gasteiger partial charge in [-0.15, -0.1) is 0 Å². The Morgan fingerprint density at radius 2 is 1.45 bits per heavy atom. The lowest BCUT2D eigenvalue weighted by molar-refractivity contribution is -0.140. The van der Waals surface area contributed by atoms with Crippen LogP contribution in [0.3, 0.4) is 0 Å². The van der Waals surface area contributed by atoms with Crippen LogP contribution in [0.1, 0.15) is 36.5 Å². The summed E-state index contributed by atoms with van der Waals surface area (Å²) in [6, 6.07) is 25.1. The molecule has 0 spiro atoms. The number of carbonyl (C=O) groups is 2. The average molecular weight is 536 g/mol. The molecule has 1 atom stereocenters. The predicted octanol–water partition coefficient (Wildman–Crippen LogP) is 4.32. The van der Waals surface area contributed by atoms with E-state index in [1.165, 1.54) is 4.90 Å².